The van der Waals surface area contributed by atoms with Gasteiger partial charge in [0.2, 0.25) is 0 Å². The van der Waals surface area contributed by atoms with Gasteiger partial charge in [-0.25, -0.2) is 14.5 Å². The molecule has 0 amide bonds. The van der Waals surface area contributed by atoms with Crippen molar-refractivity contribution in [2.75, 3.05) is 7.11 Å². The van der Waals surface area contributed by atoms with Crippen molar-refractivity contribution in [3.05, 3.63) is 112 Å². The second-order valence-corrected chi connectivity index (χ2v) is 8.62. The van der Waals surface area contributed by atoms with E-state index in [-0.39, 0.29) is 24.4 Å². The number of nitrogens with zero attached hydrogens (tertiary/aromatic N) is 3. The molecule has 0 bridgehead atoms. The van der Waals surface area contributed by atoms with Gasteiger partial charge in [0.1, 0.15) is 17.4 Å². The summed E-state index contributed by atoms with van der Waals surface area (Å²) in [6, 6.07) is 24.0. The third kappa shape index (κ3) is 4.69. The molecular weight excluding hydrogens is 462 g/mol. The van der Waals surface area contributed by atoms with Crippen LogP contribution in [0.2, 0.25) is 0 Å². The number of aromatic nitrogens is 3. The third-order valence-corrected chi connectivity index (χ3v) is 6.40. The average Bonchev–Trinajstić information content (AvgIpc) is 3.38. The molecule has 3 aromatic carbocycles. The Balaban J connectivity index is 1.41. The number of ether oxygens (including phenoxy) is 2. The zero-order valence-electron chi connectivity index (χ0n) is 18.9. The molecule has 0 saturated heterocycles. The van der Waals surface area contributed by atoms with Crippen molar-refractivity contribution in [3.63, 3.8) is 0 Å². The van der Waals surface area contributed by atoms with Crippen LogP contribution in [0.25, 0.3) is 21.3 Å². The van der Waals surface area contributed by atoms with Crippen LogP contribution in [0.15, 0.2) is 89.0 Å². The topological polar surface area (TPSA) is 83.3 Å². The summed E-state index contributed by atoms with van der Waals surface area (Å²) < 4.78 is 12.3. The fourth-order valence-electron chi connectivity index (χ4n) is 3.78. The average molecular weight is 484 g/mol. The Morgan fingerprint density at radius 3 is 2.46 bits per heavy atom. The van der Waals surface area contributed by atoms with E-state index in [0.29, 0.717) is 16.5 Å². The Hall–Kier alpha value is -4.30. The summed E-state index contributed by atoms with van der Waals surface area (Å²) in [7, 11) is 1.61. The van der Waals surface area contributed by atoms with Crippen LogP contribution in [0.4, 0.5) is 0 Å². The van der Waals surface area contributed by atoms with E-state index in [1.807, 2.05) is 60.0 Å². The molecule has 35 heavy (non-hydrogen) atoms. The van der Waals surface area contributed by atoms with Gasteiger partial charge < -0.3 is 9.47 Å². The standard InChI is InChI=1S/C27H21N3O4S/c1-33-23-14-8-7-13-22(23)25-28-19(17-35-25)16-34-27(32)24-20-11-5-6-12-21(20)26(31)30(29-24)15-18-9-3-2-4-10-18/h2-14,17H,15-16H2,1H3. The first-order valence-corrected chi connectivity index (χ1v) is 11.8. The van der Waals surface area contributed by atoms with Crippen LogP contribution in [-0.4, -0.2) is 27.8 Å². The molecule has 5 aromatic rings. The smallest absolute Gasteiger partial charge is 0.359 e. The van der Waals surface area contributed by atoms with Crippen molar-refractivity contribution in [1.82, 2.24) is 14.8 Å². The number of carbonyl (C=O) groups is 1. The molecule has 0 unspecified atom stereocenters. The highest BCUT2D eigenvalue weighted by Crippen LogP contribution is 2.32. The van der Waals surface area contributed by atoms with Crippen LogP contribution in [0.3, 0.4) is 0 Å². The molecule has 0 aliphatic carbocycles. The minimum atomic E-state index is -0.616. The summed E-state index contributed by atoms with van der Waals surface area (Å²) in [4.78, 5) is 30.7. The van der Waals surface area contributed by atoms with Crippen LogP contribution in [0.1, 0.15) is 21.7 Å². The van der Waals surface area contributed by atoms with Crippen molar-refractivity contribution in [2.24, 2.45) is 0 Å². The summed E-state index contributed by atoms with van der Waals surface area (Å²) in [5, 5.41) is 7.87. The number of rotatable bonds is 7. The molecule has 0 radical (unpaired) electrons. The Bertz CT molecular complexity index is 1560. The zero-order valence-corrected chi connectivity index (χ0v) is 19.7. The highest BCUT2D eigenvalue weighted by atomic mass is 32.1. The van der Waals surface area contributed by atoms with Crippen molar-refractivity contribution in [2.45, 2.75) is 13.2 Å². The molecule has 174 valence electrons. The van der Waals surface area contributed by atoms with Gasteiger partial charge in [-0.3, -0.25) is 4.79 Å². The molecular formula is C27H21N3O4S. The maximum Gasteiger partial charge on any atom is 0.359 e. The Labute approximate surface area is 205 Å². The lowest BCUT2D eigenvalue weighted by atomic mass is 10.1. The number of thiazole rings is 1. The van der Waals surface area contributed by atoms with E-state index in [1.54, 1.807) is 31.4 Å². The van der Waals surface area contributed by atoms with E-state index in [4.69, 9.17) is 9.47 Å². The van der Waals surface area contributed by atoms with E-state index in [1.165, 1.54) is 16.0 Å². The molecule has 8 heteroatoms. The number of fused-ring (bicyclic) bond motifs is 1. The van der Waals surface area contributed by atoms with Crippen LogP contribution in [-0.2, 0) is 17.9 Å². The second kappa shape index (κ2) is 9.90. The van der Waals surface area contributed by atoms with Crippen molar-refractivity contribution >= 4 is 28.1 Å². The first-order valence-electron chi connectivity index (χ1n) is 10.9. The van der Waals surface area contributed by atoms with Crippen LogP contribution in [0.5, 0.6) is 5.75 Å². The summed E-state index contributed by atoms with van der Waals surface area (Å²) in [5.41, 5.74) is 2.23. The lowest BCUT2D eigenvalue weighted by Gasteiger charge is -2.11. The highest BCUT2D eigenvalue weighted by Gasteiger charge is 2.19. The van der Waals surface area contributed by atoms with Gasteiger partial charge in [0.15, 0.2) is 5.69 Å². The van der Waals surface area contributed by atoms with Crippen molar-refractivity contribution < 1.29 is 14.3 Å². The van der Waals surface area contributed by atoms with E-state index < -0.39 is 5.97 Å². The summed E-state index contributed by atoms with van der Waals surface area (Å²) in [6.07, 6.45) is 0. The number of hydrogen-bond acceptors (Lipinski definition) is 7. The van der Waals surface area contributed by atoms with Crippen molar-refractivity contribution in [3.8, 4) is 16.3 Å². The van der Waals surface area contributed by atoms with Crippen LogP contribution in [0, 0.1) is 0 Å². The molecule has 0 aliphatic heterocycles. The monoisotopic (exact) mass is 483 g/mol. The Morgan fingerprint density at radius 1 is 0.943 bits per heavy atom. The zero-order chi connectivity index (χ0) is 24.2. The predicted molar refractivity (Wildman–Crippen MR) is 135 cm³/mol. The molecule has 2 aromatic heterocycles. The minimum Gasteiger partial charge on any atom is -0.496 e. The van der Waals surface area contributed by atoms with Crippen LogP contribution < -0.4 is 10.3 Å². The Morgan fingerprint density at radius 2 is 1.66 bits per heavy atom. The van der Waals surface area contributed by atoms with Crippen LogP contribution >= 0.6 is 11.3 Å². The molecule has 2 heterocycles. The summed E-state index contributed by atoms with van der Waals surface area (Å²) >= 11 is 1.44. The lowest BCUT2D eigenvalue weighted by Crippen LogP contribution is -2.27. The summed E-state index contributed by atoms with van der Waals surface area (Å²) in [5.74, 6) is 0.108. The molecule has 0 fully saturated rings. The summed E-state index contributed by atoms with van der Waals surface area (Å²) in [6.45, 7) is 0.234. The van der Waals surface area contributed by atoms with E-state index in [9.17, 15) is 9.59 Å². The molecule has 0 aliphatic rings. The van der Waals surface area contributed by atoms with Gasteiger partial charge in [-0.05, 0) is 23.8 Å². The number of para-hydroxylation sites is 1. The SMILES string of the molecule is COc1ccccc1-c1nc(COC(=O)c2nn(Cc3ccccc3)c(=O)c3ccccc23)cs1. The number of benzene rings is 3. The van der Waals surface area contributed by atoms with Gasteiger partial charge >= 0.3 is 5.97 Å². The highest BCUT2D eigenvalue weighted by molar-refractivity contribution is 7.13. The normalized spacial score (nSPS) is 10.9. The predicted octanol–water partition coefficient (Wildman–Crippen LogP) is 4.93. The lowest BCUT2D eigenvalue weighted by molar-refractivity contribution is 0.0461. The maximum absolute atomic E-state index is 13.1. The fraction of sp³-hybridized carbons (Fsp3) is 0.111. The first-order chi connectivity index (χ1) is 17.1. The number of hydrogen-bond donors (Lipinski definition) is 0. The fourth-order valence-corrected chi connectivity index (χ4v) is 4.61. The van der Waals surface area contributed by atoms with Gasteiger partial charge in [-0.2, -0.15) is 5.10 Å². The minimum absolute atomic E-state index is 0.0156. The molecule has 0 saturated carbocycles. The molecule has 7 nitrogen and oxygen atoms in total. The third-order valence-electron chi connectivity index (χ3n) is 5.48. The maximum atomic E-state index is 13.1. The van der Waals surface area contributed by atoms with Gasteiger partial charge in [-0.1, -0.05) is 60.7 Å². The first kappa shape index (κ1) is 22.5. The van der Waals surface area contributed by atoms with Gasteiger partial charge in [0.25, 0.3) is 5.56 Å². The van der Waals surface area contributed by atoms with E-state index in [0.717, 1.165) is 21.9 Å². The van der Waals surface area contributed by atoms with Crippen molar-refractivity contribution in [1.29, 1.82) is 0 Å². The quantitative estimate of drug-likeness (QED) is 0.305. The molecule has 5 rings (SSSR count). The molecule has 0 N–H and O–H groups in total. The van der Waals surface area contributed by atoms with Gasteiger partial charge in [-0.15, -0.1) is 11.3 Å². The van der Waals surface area contributed by atoms with E-state index >= 15 is 0 Å². The second-order valence-electron chi connectivity index (χ2n) is 7.76. The van der Waals surface area contributed by atoms with Gasteiger partial charge in [0, 0.05) is 10.8 Å². The molecule has 0 spiro atoms. The number of methoxy groups -OCH3 is 1. The van der Waals surface area contributed by atoms with Gasteiger partial charge in [0.05, 0.1) is 30.3 Å². The van der Waals surface area contributed by atoms with E-state index in [2.05, 4.69) is 10.1 Å². The Kier molecular flexibility index (Phi) is 6.36. The largest absolute Gasteiger partial charge is 0.496 e. The molecule has 0 atom stereocenters. The number of carbonyl (C=O) groups excluding carboxylic acids is 1. The number of esters is 1.